The molecule has 0 amide bonds. The maximum atomic E-state index is 5.88. The summed E-state index contributed by atoms with van der Waals surface area (Å²) >= 11 is 0. The minimum atomic E-state index is 0.510. The smallest absolute Gasteiger partial charge is 0.130 e. The Hall–Kier alpha value is -2.10. The molecule has 0 fully saturated rings. The van der Waals surface area contributed by atoms with Crippen LogP contribution in [0.1, 0.15) is 30.9 Å². The lowest BCUT2D eigenvalue weighted by molar-refractivity contribution is 0.310. The first-order valence-corrected chi connectivity index (χ1v) is 6.94. The van der Waals surface area contributed by atoms with Crippen LogP contribution in [0.2, 0.25) is 0 Å². The molecule has 0 bridgehead atoms. The third-order valence-electron chi connectivity index (χ3n) is 3.27. The van der Waals surface area contributed by atoms with Crippen molar-refractivity contribution >= 4 is 5.82 Å². The summed E-state index contributed by atoms with van der Waals surface area (Å²) in [6, 6.07) is 6.12. The normalized spacial score (nSPS) is 10.6. The molecule has 0 aliphatic carbocycles. The number of rotatable bonds is 5. The highest BCUT2D eigenvalue weighted by atomic mass is 16.5. The van der Waals surface area contributed by atoms with Crippen molar-refractivity contribution < 1.29 is 4.74 Å². The highest BCUT2D eigenvalue weighted by molar-refractivity contribution is 5.73. The van der Waals surface area contributed by atoms with Crippen molar-refractivity contribution in [2.75, 3.05) is 12.3 Å². The number of hydrogen-bond acceptors (Lipinski definition) is 4. The fourth-order valence-corrected chi connectivity index (χ4v) is 2.02. The molecule has 1 heterocycles. The second-order valence-corrected chi connectivity index (χ2v) is 4.93. The topological polar surface area (TPSA) is 61.0 Å². The third kappa shape index (κ3) is 3.07. The van der Waals surface area contributed by atoms with Gasteiger partial charge in [0.05, 0.1) is 12.3 Å². The predicted octanol–water partition coefficient (Wildman–Crippen LogP) is 3.52. The van der Waals surface area contributed by atoms with Gasteiger partial charge in [0.25, 0.3) is 0 Å². The molecule has 2 N–H and O–H groups in total. The van der Waals surface area contributed by atoms with Gasteiger partial charge in [0.2, 0.25) is 0 Å². The van der Waals surface area contributed by atoms with Crippen molar-refractivity contribution in [3.63, 3.8) is 0 Å². The van der Waals surface area contributed by atoms with Crippen molar-refractivity contribution in [3.8, 4) is 17.0 Å². The minimum absolute atomic E-state index is 0.510. The quantitative estimate of drug-likeness (QED) is 0.845. The SMILES string of the molecule is CCCCOc1ccc(C)cc1-c1ncnc(N)c1C. The lowest BCUT2D eigenvalue weighted by atomic mass is 10.0. The van der Waals surface area contributed by atoms with Crippen LogP contribution in [-0.2, 0) is 0 Å². The molecule has 2 rings (SSSR count). The monoisotopic (exact) mass is 271 g/mol. The molecule has 0 aliphatic heterocycles. The highest BCUT2D eigenvalue weighted by Crippen LogP contribution is 2.32. The molecule has 0 saturated carbocycles. The second kappa shape index (κ2) is 6.37. The average molecular weight is 271 g/mol. The Kier molecular flexibility index (Phi) is 4.56. The second-order valence-electron chi connectivity index (χ2n) is 4.93. The van der Waals surface area contributed by atoms with E-state index in [1.165, 1.54) is 11.9 Å². The van der Waals surface area contributed by atoms with Gasteiger partial charge in [-0.2, -0.15) is 0 Å². The van der Waals surface area contributed by atoms with Gasteiger partial charge in [0.15, 0.2) is 0 Å². The maximum Gasteiger partial charge on any atom is 0.130 e. The molecule has 106 valence electrons. The largest absolute Gasteiger partial charge is 0.493 e. The summed E-state index contributed by atoms with van der Waals surface area (Å²) < 4.78 is 5.88. The number of benzene rings is 1. The van der Waals surface area contributed by atoms with Crippen LogP contribution in [0, 0.1) is 13.8 Å². The lowest BCUT2D eigenvalue weighted by Crippen LogP contribution is -2.02. The first kappa shape index (κ1) is 14.3. The highest BCUT2D eigenvalue weighted by Gasteiger charge is 2.12. The van der Waals surface area contributed by atoms with Crippen LogP contribution < -0.4 is 10.5 Å². The molecular formula is C16H21N3O. The van der Waals surface area contributed by atoms with Crippen LogP contribution in [-0.4, -0.2) is 16.6 Å². The van der Waals surface area contributed by atoms with E-state index in [-0.39, 0.29) is 0 Å². The molecule has 2 aromatic rings. The van der Waals surface area contributed by atoms with E-state index in [0.717, 1.165) is 35.4 Å². The summed E-state index contributed by atoms with van der Waals surface area (Å²) in [5.74, 6) is 1.36. The number of aryl methyl sites for hydroxylation is 1. The fraction of sp³-hybridized carbons (Fsp3) is 0.375. The summed E-state index contributed by atoms with van der Waals surface area (Å²) in [7, 11) is 0. The number of unbranched alkanes of at least 4 members (excludes halogenated alkanes) is 1. The number of hydrogen-bond donors (Lipinski definition) is 1. The molecule has 0 radical (unpaired) electrons. The van der Waals surface area contributed by atoms with Gasteiger partial charge in [0, 0.05) is 11.1 Å². The van der Waals surface area contributed by atoms with Crippen molar-refractivity contribution in [1.82, 2.24) is 9.97 Å². The summed E-state index contributed by atoms with van der Waals surface area (Å²) in [6.45, 7) is 6.85. The number of aromatic nitrogens is 2. The first-order valence-electron chi connectivity index (χ1n) is 6.94. The van der Waals surface area contributed by atoms with Gasteiger partial charge < -0.3 is 10.5 Å². The average Bonchev–Trinajstić information content (AvgIpc) is 2.44. The molecule has 0 unspecified atom stereocenters. The zero-order valence-corrected chi connectivity index (χ0v) is 12.3. The maximum absolute atomic E-state index is 5.88. The lowest BCUT2D eigenvalue weighted by Gasteiger charge is -2.13. The predicted molar refractivity (Wildman–Crippen MR) is 81.8 cm³/mol. The molecule has 20 heavy (non-hydrogen) atoms. The fourth-order valence-electron chi connectivity index (χ4n) is 2.02. The van der Waals surface area contributed by atoms with E-state index in [4.69, 9.17) is 10.5 Å². The Morgan fingerprint density at radius 2 is 2.00 bits per heavy atom. The molecule has 4 nitrogen and oxygen atoms in total. The number of nitrogen functional groups attached to an aromatic ring is 1. The minimum Gasteiger partial charge on any atom is -0.493 e. The Morgan fingerprint density at radius 3 is 2.75 bits per heavy atom. The van der Waals surface area contributed by atoms with Gasteiger partial charge in [0.1, 0.15) is 17.9 Å². The third-order valence-corrected chi connectivity index (χ3v) is 3.27. The van der Waals surface area contributed by atoms with E-state index in [1.807, 2.05) is 19.1 Å². The number of nitrogens with two attached hydrogens (primary N) is 1. The van der Waals surface area contributed by atoms with Gasteiger partial charge in [-0.15, -0.1) is 0 Å². The molecule has 0 saturated heterocycles. The molecule has 0 atom stereocenters. The van der Waals surface area contributed by atoms with E-state index in [0.29, 0.717) is 12.4 Å². The van der Waals surface area contributed by atoms with Crippen LogP contribution >= 0.6 is 0 Å². The molecule has 0 aliphatic rings. The van der Waals surface area contributed by atoms with E-state index in [2.05, 4.69) is 29.9 Å². The van der Waals surface area contributed by atoms with E-state index < -0.39 is 0 Å². The zero-order valence-electron chi connectivity index (χ0n) is 12.3. The number of nitrogens with zero attached hydrogens (tertiary/aromatic N) is 2. The number of anilines is 1. The van der Waals surface area contributed by atoms with Gasteiger partial charge >= 0.3 is 0 Å². The van der Waals surface area contributed by atoms with Gasteiger partial charge in [-0.05, 0) is 32.4 Å². The first-order chi connectivity index (χ1) is 9.63. The summed E-state index contributed by atoms with van der Waals surface area (Å²) in [5.41, 5.74) is 9.75. The summed E-state index contributed by atoms with van der Waals surface area (Å²) in [6.07, 6.45) is 3.65. The molecule has 1 aromatic heterocycles. The van der Waals surface area contributed by atoms with Crippen LogP contribution in [0.4, 0.5) is 5.82 Å². The van der Waals surface area contributed by atoms with Crippen LogP contribution in [0.3, 0.4) is 0 Å². The van der Waals surface area contributed by atoms with E-state index >= 15 is 0 Å². The summed E-state index contributed by atoms with van der Waals surface area (Å²) in [4.78, 5) is 8.39. The van der Waals surface area contributed by atoms with E-state index in [1.54, 1.807) is 0 Å². The van der Waals surface area contributed by atoms with Crippen LogP contribution in [0.5, 0.6) is 5.75 Å². The van der Waals surface area contributed by atoms with E-state index in [9.17, 15) is 0 Å². The number of ether oxygens (including phenoxy) is 1. The van der Waals surface area contributed by atoms with Gasteiger partial charge in [-0.3, -0.25) is 0 Å². The Morgan fingerprint density at radius 1 is 1.20 bits per heavy atom. The van der Waals surface area contributed by atoms with Gasteiger partial charge in [-0.25, -0.2) is 9.97 Å². The summed E-state index contributed by atoms with van der Waals surface area (Å²) in [5, 5.41) is 0. The zero-order chi connectivity index (χ0) is 14.5. The molecular weight excluding hydrogens is 250 g/mol. The van der Waals surface area contributed by atoms with Crippen molar-refractivity contribution in [3.05, 3.63) is 35.7 Å². The molecule has 0 spiro atoms. The van der Waals surface area contributed by atoms with Gasteiger partial charge in [-0.1, -0.05) is 25.0 Å². The Labute approximate surface area is 120 Å². The van der Waals surface area contributed by atoms with Crippen molar-refractivity contribution in [1.29, 1.82) is 0 Å². The molecule has 1 aromatic carbocycles. The van der Waals surface area contributed by atoms with Crippen LogP contribution in [0.25, 0.3) is 11.3 Å². The standard InChI is InChI=1S/C16H21N3O/c1-4-5-8-20-14-7-6-11(2)9-13(14)15-12(3)16(17)19-10-18-15/h6-7,9-10H,4-5,8H2,1-3H3,(H2,17,18,19). The van der Waals surface area contributed by atoms with Crippen LogP contribution in [0.15, 0.2) is 24.5 Å². The Balaban J connectivity index is 2.43. The molecule has 4 heteroatoms. The van der Waals surface area contributed by atoms with Crippen molar-refractivity contribution in [2.24, 2.45) is 0 Å². The Bertz CT molecular complexity index is 596. The van der Waals surface area contributed by atoms with Crippen molar-refractivity contribution in [2.45, 2.75) is 33.6 Å².